The molecular weight excluding hydrogens is 286 g/mol. The zero-order chi connectivity index (χ0) is 12.4. The third-order valence-electron chi connectivity index (χ3n) is 2.76. The Morgan fingerprint density at radius 1 is 1.29 bits per heavy atom. The average Bonchev–Trinajstić information content (AvgIpc) is 2.28. The maximum atomic E-state index is 11.8. The van der Waals surface area contributed by atoms with Gasteiger partial charge in [-0.15, -0.1) is 0 Å². The van der Waals surface area contributed by atoms with Gasteiger partial charge in [-0.1, -0.05) is 15.9 Å². The largest absolute Gasteiger partial charge is 0.478 e. The van der Waals surface area contributed by atoms with Gasteiger partial charge in [0.1, 0.15) is 0 Å². The minimum atomic E-state index is -0.989. The van der Waals surface area contributed by atoms with Crippen molar-refractivity contribution < 1.29 is 14.7 Å². The van der Waals surface area contributed by atoms with Gasteiger partial charge in [0, 0.05) is 23.1 Å². The molecule has 17 heavy (non-hydrogen) atoms. The summed E-state index contributed by atoms with van der Waals surface area (Å²) in [5.41, 5.74) is 0.842. The molecule has 1 aliphatic rings. The molecule has 0 unspecified atom stereocenters. The summed E-state index contributed by atoms with van der Waals surface area (Å²) in [6, 6.07) is 4.84. The van der Waals surface area contributed by atoms with Gasteiger partial charge >= 0.3 is 5.97 Å². The molecule has 0 atom stereocenters. The number of nitrogens with zero attached hydrogens (tertiary/aromatic N) is 1. The van der Waals surface area contributed by atoms with Crippen molar-refractivity contribution in [3.8, 4) is 0 Å². The SMILES string of the molecule is O=C(O)c1cc(Br)cc(N2CCCCC2=O)c1. The molecule has 1 N–H and O–H groups in total. The van der Waals surface area contributed by atoms with Crippen molar-refractivity contribution in [2.75, 3.05) is 11.4 Å². The molecule has 4 nitrogen and oxygen atoms in total. The number of hydrogen-bond acceptors (Lipinski definition) is 2. The number of halogens is 1. The molecule has 1 saturated heterocycles. The van der Waals surface area contributed by atoms with Crippen LogP contribution in [0.3, 0.4) is 0 Å². The number of carboxylic acids is 1. The number of piperidine rings is 1. The molecule has 1 aliphatic heterocycles. The number of carboxylic acid groups (broad SMARTS) is 1. The van der Waals surface area contributed by atoms with Crippen LogP contribution in [-0.4, -0.2) is 23.5 Å². The van der Waals surface area contributed by atoms with Crippen LogP contribution in [-0.2, 0) is 4.79 Å². The van der Waals surface area contributed by atoms with Crippen molar-refractivity contribution in [1.29, 1.82) is 0 Å². The van der Waals surface area contributed by atoms with Crippen LogP contribution in [0.2, 0.25) is 0 Å². The van der Waals surface area contributed by atoms with E-state index in [2.05, 4.69) is 15.9 Å². The van der Waals surface area contributed by atoms with E-state index in [1.807, 2.05) is 0 Å². The molecule has 1 heterocycles. The first-order valence-electron chi connectivity index (χ1n) is 5.42. The number of anilines is 1. The second kappa shape index (κ2) is 4.87. The van der Waals surface area contributed by atoms with Crippen LogP contribution < -0.4 is 4.90 Å². The fraction of sp³-hybridized carbons (Fsp3) is 0.333. The quantitative estimate of drug-likeness (QED) is 0.913. The van der Waals surface area contributed by atoms with Gasteiger partial charge in [-0.3, -0.25) is 4.79 Å². The summed E-state index contributed by atoms with van der Waals surface area (Å²) in [6.07, 6.45) is 2.41. The van der Waals surface area contributed by atoms with E-state index in [1.165, 1.54) is 12.1 Å². The standard InChI is InChI=1S/C12H12BrNO3/c13-9-5-8(12(16)17)6-10(7-9)14-4-2-1-3-11(14)15/h5-7H,1-4H2,(H,16,17). The first-order chi connectivity index (χ1) is 8.08. The summed E-state index contributed by atoms with van der Waals surface area (Å²) in [5, 5.41) is 8.97. The Bertz CT molecular complexity index is 473. The summed E-state index contributed by atoms with van der Waals surface area (Å²) in [5.74, 6) is -0.928. The lowest BCUT2D eigenvalue weighted by Gasteiger charge is -2.27. The van der Waals surface area contributed by atoms with Crippen LogP contribution in [0.1, 0.15) is 29.6 Å². The Morgan fingerprint density at radius 2 is 2.06 bits per heavy atom. The van der Waals surface area contributed by atoms with Crippen LogP contribution in [0.25, 0.3) is 0 Å². The summed E-state index contributed by atoms with van der Waals surface area (Å²) in [6.45, 7) is 0.661. The highest BCUT2D eigenvalue weighted by atomic mass is 79.9. The predicted molar refractivity (Wildman–Crippen MR) is 67.3 cm³/mol. The minimum absolute atomic E-state index is 0.0608. The molecule has 1 fully saturated rings. The Balaban J connectivity index is 2.37. The van der Waals surface area contributed by atoms with Gasteiger partial charge < -0.3 is 10.0 Å². The summed E-state index contributed by atoms with van der Waals surface area (Å²) < 4.78 is 0.672. The number of rotatable bonds is 2. The minimum Gasteiger partial charge on any atom is -0.478 e. The Labute approximate surface area is 107 Å². The number of amides is 1. The molecule has 90 valence electrons. The maximum absolute atomic E-state index is 11.8. The van der Waals surface area contributed by atoms with Gasteiger partial charge in [-0.05, 0) is 31.0 Å². The molecule has 1 aromatic rings. The van der Waals surface area contributed by atoms with Crippen molar-refractivity contribution in [2.24, 2.45) is 0 Å². The molecule has 0 spiro atoms. The van der Waals surface area contributed by atoms with Crippen molar-refractivity contribution in [3.63, 3.8) is 0 Å². The fourth-order valence-electron chi connectivity index (χ4n) is 1.93. The van der Waals surface area contributed by atoms with E-state index >= 15 is 0 Å². The molecule has 0 aromatic heterocycles. The molecule has 0 saturated carbocycles. The van der Waals surface area contributed by atoms with E-state index in [1.54, 1.807) is 11.0 Å². The van der Waals surface area contributed by atoms with Crippen LogP contribution in [0.5, 0.6) is 0 Å². The van der Waals surface area contributed by atoms with Gasteiger partial charge in [-0.2, -0.15) is 0 Å². The van der Waals surface area contributed by atoms with E-state index in [-0.39, 0.29) is 11.5 Å². The normalized spacial score (nSPS) is 16.1. The van der Waals surface area contributed by atoms with E-state index < -0.39 is 5.97 Å². The highest BCUT2D eigenvalue weighted by Gasteiger charge is 2.20. The van der Waals surface area contributed by atoms with Crippen LogP contribution >= 0.6 is 15.9 Å². The molecule has 0 aliphatic carbocycles. The monoisotopic (exact) mass is 297 g/mol. The topological polar surface area (TPSA) is 57.6 Å². The number of benzene rings is 1. The first-order valence-corrected chi connectivity index (χ1v) is 6.21. The average molecular weight is 298 g/mol. The van der Waals surface area contributed by atoms with Gasteiger partial charge in [0.2, 0.25) is 5.91 Å². The van der Waals surface area contributed by atoms with E-state index in [4.69, 9.17) is 5.11 Å². The molecule has 1 aromatic carbocycles. The van der Waals surface area contributed by atoms with Gasteiger partial charge in [0.15, 0.2) is 0 Å². The second-order valence-corrected chi connectivity index (χ2v) is 4.92. The lowest BCUT2D eigenvalue weighted by Crippen LogP contribution is -2.35. The third kappa shape index (κ3) is 2.66. The Kier molecular flexibility index (Phi) is 3.47. The maximum Gasteiger partial charge on any atom is 0.335 e. The molecule has 2 rings (SSSR count). The second-order valence-electron chi connectivity index (χ2n) is 4.01. The molecule has 0 radical (unpaired) electrons. The zero-order valence-electron chi connectivity index (χ0n) is 9.15. The smallest absolute Gasteiger partial charge is 0.335 e. The van der Waals surface area contributed by atoms with E-state index in [0.29, 0.717) is 23.1 Å². The number of carbonyl (C=O) groups is 2. The molecular formula is C12H12BrNO3. The van der Waals surface area contributed by atoms with E-state index in [9.17, 15) is 9.59 Å². The summed E-state index contributed by atoms with van der Waals surface area (Å²) >= 11 is 3.27. The van der Waals surface area contributed by atoms with E-state index in [0.717, 1.165) is 12.8 Å². The first kappa shape index (κ1) is 12.1. The molecule has 0 bridgehead atoms. The van der Waals surface area contributed by atoms with Crippen LogP contribution in [0.4, 0.5) is 5.69 Å². The van der Waals surface area contributed by atoms with Crippen molar-refractivity contribution in [1.82, 2.24) is 0 Å². The third-order valence-corrected chi connectivity index (χ3v) is 3.22. The molecule has 1 amide bonds. The van der Waals surface area contributed by atoms with Gasteiger partial charge in [-0.25, -0.2) is 4.79 Å². The van der Waals surface area contributed by atoms with Crippen molar-refractivity contribution in [3.05, 3.63) is 28.2 Å². The van der Waals surface area contributed by atoms with Crippen LogP contribution in [0.15, 0.2) is 22.7 Å². The Morgan fingerprint density at radius 3 is 2.71 bits per heavy atom. The Hall–Kier alpha value is -1.36. The lowest BCUT2D eigenvalue weighted by atomic mass is 10.1. The van der Waals surface area contributed by atoms with Gasteiger partial charge in [0.05, 0.1) is 5.56 Å². The summed E-state index contributed by atoms with van der Waals surface area (Å²) in [7, 11) is 0. The fourth-order valence-corrected chi connectivity index (χ4v) is 2.41. The summed E-state index contributed by atoms with van der Waals surface area (Å²) in [4.78, 5) is 24.3. The number of carbonyl (C=O) groups excluding carboxylic acids is 1. The highest BCUT2D eigenvalue weighted by molar-refractivity contribution is 9.10. The van der Waals surface area contributed by atoms with Crippen LogP contribution in [0, 0.1) is 0 Å². The van der Waals surface area contributed by atoms with Gasteiger partial charge in [0.25, 0.3) is 0 Å². The lowest BCUT2D eigenvalue weighted by molar-refractivity contribution is -0.119. The molecule has 5 heteroatoms. The number of aromatic carboxylic acids is 1. The zero-order valence-corrected chi connectivity index (χ0v) is 10.7. The van der Waals surface area contributed by atoms with Crippen molar-refractivity contribution in [2.45, 2.75) is 19.3 Å². The van der Waals surface area contributed by atoms with Crippen molar-refractivity contribution >= 4 is 33.5 Å². The predicted octanol–water partition coefficient (Wildman–Crippen LogP) is 2.66. The highest BCUT2D eigenvalue weighted by Crippen LogP contribution is 2.26. The number of hydrogen-bond donors (Lipinski definition) is 1.